The fourth-order valence-corrected chi connectivity index (χ4v) is 5.65. The molecule has 5 nitrogen and oxygen atoms in total. The Morgan fingerprint density at radius 2 is 1.61 bits per heavy atom. The summed E-state index contributed by atoms with van der Waals surface area (Å²) in [6.07, 6.45) is 6.66. The van der Waals surface area contributed by atoms with Gasteiger partial charge in [-0.25, -0.2) is 0 Å². The van der Waals surface area contributed by atoms with Gasteiger partial charge in [-0.05, 0) is 62.1 Å². The van der Waals surface area contributed by atoms with Crippen LogP contribution in [0.4, 0.5) is 5.69 Å². The minimum Gasteiger partial charge on any atom is -0.372 e. The fourth-order valence-electron chi connectivity index (χ4n) is 5.65. The lowest BCUT2D eigenvalue weighted by Gasteiger charge is -2.37. The van der Waals surface area contributed by atoms with Gasteiger partial charge in [-0.15, -0.1) is 0 Å². The van der Waals surface area contributed by atoms with Crippen molar-refractivity contribution < 1.29 is 6.22 Å². The number of rotatable bonds is 8. The maximum atomic E-state index is 12.8. The summed E-state index contributed by atoms with van der Waals surface area (Å²) >= 11 is 0. The molecule has 1 aliphatic carbocycles. The highest BCUT2D eigenvalue weighted by Crippen LogP contribution is 2.33. The predicted molar refractivity (Wildman–Crippen MR) is 155 cm³/mol. The minimum atomic E-state index is 0. The molecule has 200 valence electrons. The van der Waals surface area contributed by atoms with Gasteiger partial charge in [-0.3, -0.25) is 9.69 Å². The fraction of sp³-hybridized carbons (Fsp3) is 0.581. The van der Waals surface area contributed by atoms with Gasteiger partial charge in [0, 0.05) is 65.0 Å². The van der Waals surface area contributed by atoms with Gasteiger partial charge < -0.3 is 15.1 Å². The van der Waals surface area contributed by atoms with Crippen LogP contribution < -0.4 is 10.2 Å². The molecule has 5 heteroatoms. The second-order valence-electron chi connectivity index (χ2n) is 9.79. The van der Waals surface area contributed by atoms with E-state index in [1.165, 1.54) is 48.9 Å². The Morgan fingerprint density at radius 1 is 0.972 bits per heavy atom. The molecule has 0 spiro atoms. The summed E-state index contributed by atoms with van der Waals surface area (Å²) in [5.74, 6) is 0.117. The Labute approximate surface area is 221 Å². The van der Waals surface area contributed by atoms with Gasteiger partial charge in [0.1, 0.15) is 0 Å². The second-order valence-corrected chi connectivity index (χ2v) is 9.79. The summed E-state index contributed by atoms with van der Waals surface area (Å²) in [4.78, 5) is 19.8. The lowest BCUT2D eigenvalue weighted by atomic mass is 9.92. The summed E-state index contributed by atoms with van der Waals surface area (Å²) in [5, 5.41) is 3.49. The summed E-state index contributed by atoms with van der Waals surface area (Å²) in [5.41, 5.74) is 4.69. The summed E-state index contributed by atoms with van der Waals surface area (Å²) in [6, 6.07) is 18.4. The minimum absolute atomic E-state index is 0. The van der Waals surface area contributed by atoms with Gasteiger partial charge in [-0.1, -0.05) is 57.4 Å². The SMILES string of the molecule is CC.CCN(CC)C(=O)c1ccc([C@@H](c2cccc(N(C)C3CCCCC3)c2)N2CCNCC2)cc1.[HH]. The Morgan fingerprint density at radius 3 is 2.22 bits per heavy atom. The molecule has 1 amide bonds. The standard InChI is InChI=1S/C29H42N4O.C2H6.H2/c1-4-32(5-2)29(34)24-16-14-23(15-17-24)28(33-20-18-30-19-21-33)25-10-9-13-27(22-25)31(3)26-11-7-6-8-12-26;1-2;/h9-10,13-17,22,26,28,30H,4-8,11-12,18-21H2,1-3H3;1-2H3;1H/t28-;;/m0../s1. The van der Waals surface area contributed by atoms with Gasteiger partial charge in [0.05, 0.1) is 6.04 Å². The van der Waals surface area contributed by atoms with E-state index in [9.17, 15) is 4.79 Å². The first kappa shape index (κ1) is 28.2. The molecule has 4 rings (SSSR count). The van der Waals surface area contributed by atoms with Crippen LogP contribution in [0.25, 0.3) is 0 Å². The monoisotopic (exact) mass is 494 g/mol. The molecule has 0 aromatic heterocycles. The van der Waals surface area contributed by atoms with E-state index in [2.05, 4.69) is 58.6 Å². The molecule has 2 aromatic rings. The molecular weight excluding hydrogens is 444 g/mol. The molecular formula is C31H50N4O. The zero-order chi connectivity index (χ0) is 25.9. The van der Waals surface area contributed by atoms with Crippen LogP contribution in [0.1, 0.15) is 88.8 Å². The van der Waals surface area contributed by atoms with E-state index in [0.717, 1.165) is 44.8 Å². The Hall–Kier alpha value is -2.37. The predicted octanol–water partition coefficient (Wildman–Crippen LogP) is 6.20. The van der Waals surface area contributed by atoms with E-state index in [1.807, 2.05) is 44.7 Å². The Bertz CT molecular complexity index is 919. The number of hydrogen-bond acceptors (Lipinski definition) is 4. The van der Waals surface area contributed by atoms with Crippen LogP contribution in [0, 0.1) is 0 Å². The third kappa shape index (κ3) is 6.89. The van der Waals surface area contributed by atoms with Crippen molar-refractivity contribution in [3.63, 3.8) is 0 Å². The molecule has 1 saturated heterocycles. The third-order valence-corrected chi connectivity index (χ3v) is 7.76. The van der Waals surface area contributed by atoms with Crippen molar-refractivity contribution in [2.75, 3.05) is 51.2 Å². The van der Waals surface area contributed by atoms with Crippen molar-refractivity contribution >= 4 is 11.6 Å². The highest BCUT2D eigenvalue weighted by atomic mass is 16.2. The summed E-state index contributed by atoms with van der Waals surface area (Å²) in [7, 11) is 2.27. The van der Waals surface area contributed by atoms with E-state index in [0.29, 0.717) is 6.04 Å². The highest BCUT2D eigenvalue weighted by molar-refractivity contribution is 5.94. The first-order valence-corrected chi connectivity index (χ1v) is 14.3. The second kappa shape index (κ2) is 14.4. The first-order chi connectivity index (χ1) is 17.6. The lowest BCUT2D eigenvalue weighted by Crippen LogP contribution is -2.45. The topological polar surface area (TPSA) is 38.8 Å². The van der Waals surface area contributed by atoms with Crippen LogP contribution in [0.2, 0.25) is 0 Å². The Balaban J connectivity index is 0.00000157. The average Bonchev–Trinajstić information content (AvgIpc) is 2.96. The smallest absolute Gasteiger partial charge is 0.253 e. The number of nitrogens with one attached hydrogen (secondary N) is 1. The zero-order valence-electron chi connectivity index (χ0n) is 23.3. The summed E-state index contributed by atoms with van der Waals surface area (Å²) < 4.78 is 0. The molecule has 2 fully saturated rings. The van der Waals surface area contributed by atoms with Crippen molar-refractivity contribution in [3.8, 4) is 0 Å². The van der Waals surface area contributed by atoms with E-state index in [4.69, 9.17) is 0 Å². The van der Waals surface area contributed by atoms with Crippen molar-refractivity contribution in [3.05, 3.63) is 65.2 Å². The average molecular weight is 495 g/mol. The maximum absolute atomic E-state index is 12.8. The normalized spacial score (nSPS) is 17.6. The Kier molecular flexibility index (Phi) is 11.3. The molecule has 2 aliphatic rings. The highest BCUT2D eigenvalue weighted by Gasteiger charge is 2.26. The molecule has 0 unspecified atom stereocenters. The number of piperazine rings is 1. The third-order valence-electron chi connectivity index (χ3n) is 7.76. The van der Waals surface area contributed by atoms with E-state index in [-0.39, 0.29) is 13.4 Å². The van der Waals surface area contributed by atoms with Gasteiger partial charge in [0.25, 0.3) is 5.91 Å². The summed E-state index contributed by atoms with van der Waals surface area (Å²) in [6.45, 7) is 13.6. The van der Waals surface area contributed by atoms with Gasteiger partial charge in [-0.2, -0.15) is 0 Å². The number of carbonyl (C=O) groups excluding carboxylic acids is 1. The van der Waals surface area contributed by atoms with Gasteiger partial charge >= 0.3 is 0 Å². The molecule has 1 atom stereocenters. The molecule has 1 N–H and O–H groups in total. The van der Waals surface area contributed by atoms with Crippen LogP contribution in [-0.4, -0.2) is 68.1 Å². The van der Waals surface area contributed by atoms with Gasteiger partial charge in [0.2, 0.25) is 0 Å². The van der Waals surface area contributed by atoms with Crippen molar-refractivity contribution in [2.24, 2.45) is 0 Å². The van der Waals surface area contributed by atoms with Crippen LogP contribution in [-0.2, 0) is 0 Å². The van der Waals surface area contributed by atoms with Crippen molar-refractivity contribution in [1.82, 2.24) is 15.1 Å². The van der Waals surface area contributed by atoms with E-state index in [1.54, 1.807) is 0 Å². The number of carbonyl (C=O) groups is 1. The number of amides is 1. The quantitative estimate of drug-likeness (QED) is 0.474. The van der Waals surface area contributed by atoms with Crippen molar-refractivity contribution in [1.29, 1.82) is 0 Å². The molecule has 1 saturated carbocycles. The largest absolute Gasteiger partial charge is 0.372 e. The molecule has 1 aliphatic heterocycles. The number of benzene rings is 2. The van der Waals surface area contributed by atoms with Crippen LogP contribution in [0.3, 0.4) is 0 Å². The van der Waals surface area contributed by atoms with Crippen LogP contribution in [0.5, 0.6) is 0 Å². The molecule has 1 heterocycles. The number of hydrogen-bond donors (Lipinski definition) is 1. The maximum Gasteiger partial charge on any atom is 0.253 e. The lowest BCUT2D eigenvalue weighted by molar-refractivity contribution is 0.0773. The zero-order valence-corrected chi connectivity index (χ0v) is 23.3. The van der Waals surface area contributed by atoms with Gasteiger partial charge in [0.15, 0.2) is 0 Å². The molecule has 2 aromatic carbocycles. The van der Waals surface area contributed by atoms with E-state index < -0.39 is 0 Å². The van der Waals surface area contributed by atoms with Crippen molar-refractivity contribution in [2.45, 2.75) is 71.9 Å². The molecule has 0 radical (unpaired) electrons. The number of anilines is 1. The molecule has 36 heavy (non-hydrogen) atoms. The molecule has 0 bridgehead atoms. The van der Waals surface area contributed by atoms with Crippen LogP contribution in [0.15, 0.2) is 48.5 Å². The number of nitrogens with zero attached hydrogens (tertiary/aromatic N) is 3. The first-order valence-electron chi connectivity index (χ1n) is 14.3. The van der Waals surface area contributed by atoms with E-state index >= 15 is 0 Å². The van der Waals surface area contributed by atoms with Crippen LogP contribution >= 0.6 is 0 Å².